The van der Waals surface area contributed by atoms with Gasteiger partial charge in [-0.3, -0.25) is 0 Å². The highest BCUT2D eigenvalue weighted by atomic mass is 32.1. The minimum Gasteiger partial charge on any atom is -0.367 e. The second-order valence-corrected chi connectivity index (χ2v) is 5.01. The Labute approximate surface area is 99.3 Å². The van der Waals surface area contributed by atoms with Crippen molar-refractivity contribution in [1.82, 2.24) is 5.16 Å². The molecular weight excluding hydrogens is 220 g/mol. The first-order chi connectivity index (χ1) is 7.65. The first kappa shape index (κ1) is 11.2. The number of thiophene rings is 1. The Hall–Kier alpha value is -1.29. The Kier molecular flexibility index (Phi) is 3.01. The standard InChI is InChI=1S/C12H16N2OS/c1-4-8-5-6-16-11(8)10-9(7(2)3)12(13)15-14-10/h5-7H,4,13H2,1-3H3. The molecule has 2 aromatic heterocycles. The van der Waals surface area contributed by atoms with Crippen molar-refractivity contribution in [2.24, 2.45) is 0 Å². The Morgan fingerprint density at radius 3 is 2.88 bits per heavy atom. The van der Waals surface area contributed by atoms with Crippen LogP contribution >= 0.6 is 11.3 Å². The molecule has 0 aliphatic heterocycles. The molecule has 0 amide bonds. The minimum atomic E-state index is 0.327. The fourth-order valence-corrected chi connectivity index (χ4v) is 2.84. The number of aryl methyl sites for hydroxylation is 1. The summed E-state index contributed by atoms with van der Waals surface area (Å²) in [6.07, 6.45) is 1.00. The fourth-order valence-electron chi connectivity index (χ4n) is 1.85. The van der Waals surface area contributed by atoms with E-state index in [0.29, 0.717) is 11.8 Å². The Bertz CT molecular complexity index is 485. The summed E-state index contributed by atoms with van der Waals surface area (Å²) >= 11 is 1.69. The van der Waals surface area contributed by atoms with Gasteiger partial charge < -0.3 is 10.3 Å². The lowest BCUT2D eigenvalue weighted by atomic mass is 10.0. The van der Waals surface area contributed by atoms with Gasteiger partial charge in [0.25, 0.3) is 0 Å². The van der Waals surface area contributed by atoms with Gasteiger partial charge in [-0.25, -0.2) is 0 Å². The summed E-state index contributed by atoms with van der Waals surface area (Å²) < 4.78 is 5.11. The second-order valence-electron chi connectivity index (χ2n) is 4.09. The minimum absolute atomic E-state index is 0.327. The van der Waals surface area contributed by atoms with Gasteiger partial charge in [0.2, 0.25) is 5.88 Å². The molecule has 0 radical (unpaired) electrons. The van der Waals surface area contributed by atoms with Crippen LogP contribution in [0.15, 0.2) is 16.0 Å². The molecule has 0 aromatic carbocycles. The van der Waals surface area contributed by atoms with Gasteiger partial charge in [-0.2, -0.15) is 0 Å². The molecule has 86 valence electrons. The van der Waals surface area contributed by atoms with Crippen molar-refractivity contribution >= 4 is 17.2 Å². The summed E-state index contributed by atoms with van der Waals surface area (Å²) in [4.78, 5) is 1.19. The first-order valence-electron chi connectivity index (χ1n) is 5.46. The third-order valence-electron chi connectivity index (χ3n) is 2.68. The molecule has 2 rings (SSSR count). The van der Waals surface area contributed by atoms with E-state index in [1.54, 1.807) is 11.3 Å². The zero-order chi connectivity index (χ0) is 11.7. The number of anilines is 1. The number of nitrogens with zero attached hydrogens (tertiary/aromatic N) is 1. The van der Waals surface area contributed by atoms with E-state index in [2.05, 4.69) is 37.4 Å². The van der Waals surface area contributed by atoms with E-state index in [1.807, 2.05) is 0 Å². The third-order valence-corrected chi connectivity index (χ3v) is 3.64. The summed E-state index contributed by atoms with van der Waals surface area (Å²) in [7, 11) is 0. The summed E-state index contributed by atoms with van der Waals surface area (Å²) in [5.74, 6) is 0.772. The van der Waals surface area contributed by atoms with Crippen LogP contribution in [0.1, 0.15) is 37.8 Å². The molecule has 0 atom stereocenters. The molecule has 0 bridgehead atoms. The van der Waals surface area contributed by atoms with E-state index in [9.17, 15) is 0 Å². The lowest BCUT2D eigenvalue weighted by Gasteiger charge is -2.05. The molecule has 0 aliphatic rings. The van der Waals surface area contributed by atoms with Gasteiger partial charge in [0.15, 0.2) is 0 Å². The molecule has 2 N–H and O–H groups in total. The predicted octanol–water partition coefficient (Wildman–Crippen LogP) is 3.67. The quantitative estimate of drug-likeness (QED) is 0.884. The number of nitrogens with two attached hydrogens (primary N) is 1. The Balaban J connectivity index is 2.56. The maximum absolute atomic E-state index is 5.82. The smallest absolute Gasteiger partial charge is 0.226 e. The monoisotopic (exact) mass is 236 g/mol. The molecule has 3 nitrogen and oxygen atoms in total. The predicted molar refractivity (Wildman–Crippen MR) is 67.7 cm³/mol. The van der Waals surface area contributed by atoms with Crippen LogP contribution in [-0.2, 0) is 6.42 Å². The SMILES string of the molecule is CCc1ccsc1-c1noc(N)c1C(C)C. The van der Waals surface area contributed by atoms with Crippen LogP contribution < -0.4 is 5.73 Å². The van der Waals surface area contributed by atoms with Crippen LogP contribution in [0.25, 0.3) is 10.6 Å². The highest BCUT2D eigenvalue weighted by molar-refractivity contribution is 7.13. The highest BCUT2D eigenvalue weighted by Crippen LogP contribution is 2.37. The molecule has 2 heterocycles. The largest absolute Gasteiger partial charge is 0.367 e. The number of hydrogen-bond acceptors (Lipinski definition) is 4. The van der Waals surface area contributed by atoms with E-state index in [4.69, 9.17) is 10.3 Å². The summed E-state index contributed by atoms with van der Waals surface area (Å²) in [5, 5.41) is 6.18. The molecular formula is C12H16N2OS. The fraction of sp³-hybridized carbons (Fsp3) is 0.417. The van der Waals surface area contributed by atoms with Crippen LogP contribution in [0, 0.1) is 0 Å². The molecule has 0 unspecified atom stereocenters. The Morgan fingerprint density at radius 2 is 2.25 bits per heavy atom. The summed E-state index contributed by atoms with van der Waals surface area (Å²) in [6, 6.07) is 2.13. The van der Waals surface area contributed by atoms with Crippen molar-refractivity contribution in [2.45, 2.75) is 33.1 Å². The van der Waals surface area contributed by atoms with Gasteiger partial charge in [-0.05, 0) is 29.3 Å². The van der Waals surface area contributed by atoms with E-state index >= 15 is 0 Å². The van der Waals surface area contributed by atoms with Crippen LogP contribution in [0.2, 0.25) is 0 Å². The number of hydrogen-bond donors (Lipinski definition) is 1. The zero-order valence-corrected chi connectivity index (χ0v) is 10.6. The van der Waals surface area contributed by atoms with E-state index < -0.39 is 0 Å². The summed E-state index contributed by atoms with van der Waals surface area (Å²) in [5.41, 5.74) is 9.06. The molecule has 2 aromatic rings. The van der Waals surface area contributed by atoms with Gasteiger partial charge in [0.1, 0.15) is 5.69 Å². The lowest BCUT2D eigenvalue weighted by molar-refractivity contribution is 0.438. The number of rotatable bonds is 3. The highest BCUT2D eigenvalue weighted by Gasteiger charge is 2.20. The Morgan fingerprint density at radius 1 is 1.50 bits per heavy atom. The van der Waals surface area contributed by atoms with Crippen LogP contribution in [0.4, 0.5) is 5.88 Å². The van der Waals surface area contributed by atoms with Crippen molar-refractivity contribution in [1.29, 1.82) is 0 Å². The average molecular weight is 236 g/mol. The molecule has 0 fully saturated rings. The molecule has 0 saturated heterocycles. The van der Waals surface area contributed by atoms with Gasteiger partial charge in [-0.15, -0.1) is 11.3 Å². The third kappa shape index (κ3) is 1.73. The average Bonchev–Trinajstić information content (AvgIpc) is 2.82. The molecule has 4 heteroatoms. The maximum atomic E-state index is 5.82. The number of aromatic nitrogens is 1. The lowest BCUT2D eigenvalue weighted by Crippen LogP contribution is -1.94. The van der Waals surface area contributed by atoms with Crippen molar-refractivity contribution < 1.29 is 4.52 Å². The van der Waals surface area contributed by atoms with Crippen molar-refractivity contribution in [3.8, 4) is 10.6 Å². The molecule has 0 saturated carbocycles. The van der Waals surface area contributed by atoms with Crippen LogP contribution in [0.5, 0.6) is 0 Å². The summed E-state index contributed by atoms with van der Waals surface area (Å²) in [6.45, 7) is 6.35. The second kappa shape index (κ2) is 4.29. The topological polar surface area (TPSA) is 52.0 Å². The maximum Gasteiger partial charge on any atom is 0.226 e. The zero-order valence-electron chi connectivity index (χ0n) is 9.78. The molecule has 16 heavy (non-hydrogen) atoms. The van der Waals surface area contributed by atoms with E-state index in [-0.39, 0.29) is 0 Å². The van der Waals surface area contributed by atoms with E-state index in [0.717, 1.165) is 17.7 Å². The first-order valence-corrected chi connectivity index (χ1v) is 6.34. The van der Waals surface area contributed by atoms with Gasteiger partial charge in [0.05, 0.1) is 4.88 Å². The van der Waals surface area contributed by atoms with Crippen molar-refractivity contribution in [3.05, 3.63) is 22.6 Å². The van der Waals surface area contributed by atoms with Crippen LogP contribution in [-0.4, -0.2) is 5.16 Å². The number of nitrogen functional groups attached to an aromatic ring is 1. The van der Waals surface area contributed by atoms with Crippen molar-refractivity contribution in [3.63, 3.8) is 0 Å². The normalized spacial score (nSPS) is 11.2. The van der Waals surface area contributed by atoms with Gasteiger partial charge >= 0.3 is 0 Å². The van der Waals surface area contributed by atoms with Gasteiger partial charge in [0, 0.05) is 5.56 Å². The van der Waals surface area contributed by atoms with Crippen molar-refractivity contribution in [2.75, 3.05) is 5.73 Å². The van der Waals surface area contributed by atoms with E-state index in [1.165, 1.54) is 10.4 Å². The van der Waals surface area contributed by atoms with Crippen LogP contribution in [0.3, 0.4) is 0 Å². The van der Waals surface area contributed by atoms with Gasteiger partial charge in [-0.1, -0.05) is 25.9 Å². The molecule has 0 aliphatic carbocycles. The molecule has 0 spiro atoms.